The van der Waals surface area contributed by atoms with E-state index in [-0.39, 0.29) is 99.3 Å². The number of allylic oxidation sites excluding steroid dienone is 2. The minimum Gasteiger partial charge on any atom is -1.00 e. The third kappa shape index (κ3) is 11.7. The summed E-state index contributed by atoms with van der Waals surface area (Å²) in [5.41, 5.74) is 3.03. The summed E-state index contributed by atoms with van der Waals surface area (Å²) in [5.74, 6) is -2.12. The normalized spacial score (nSPS) is 26.7. The molecular formula is C39H45Cl5Li2N4O14. The first-order valence-electron chi connectivity index (χ1n) is 19.4. The fraction of sp³-hybridized carbons (Fsp3) is 0.513. The molecule has 3 aliphatic heterocycles. The number of imidazole rings is 1. The van der Waals surface area contributed by atoms with E-state index in [1.54, 1.807) is 12.1 Å². The number of aromatic nitrogens is 2. The number of hydrogen-bond donors (Lipinski definition) is 6. The van der Waals surface area contributed by atoms with Crippen LogP contribution in [-0.4, -0.2) is 135 Å². The molecule has 0 amide bonds. The Bertz CT molecular complexity index is 2040. The van der Waals surface area contributed by atoms with Crippen LogP contribution in [0.1, 0.15) is 32.5 Å². The van der Waals surface area contributed by atoms with E-state index in [4.69, 9.17) is 65.4 Å². The fourth-order valence-electron chi connectivity index (χ4n) is 7.62. The van der Waals surface area contributed by atoms with E-state index in [0.717, 1.165) is 17.2 Å². The van der Waals surface area contributed by atoms with Crippen molar-refractivity contribution in [2.45, 2.75) is 101 Å². The number of carbonyl (C=O) groups is 2. The molecule has 6 rings (SSSR count). The van der Waals surface area contributed by atoms with Crippen LogP contribution in [0, 0.1) is 0 Å². The number of benzene rings is 2. The van der Waals surface area contributed by atoms with E-state index >= 15 is 0 Å². The average Bonchev–Trinajstić information content (AvgIpc) is 3.66. The Morgan fingerprint density at radius 3 is 1.64 bits per heavy atom. The van der Waals surface area contributed by atoms with Gasteiger partial charge in [-0.25, -0.2) is 9.13 Å². The summed E-state index contributed by atoms with van der Waals surface area (Å²) in [5, 5.41) is 85.7. The van der Waals surface area contributed by atoms with Gasteiger partial charge < -0.3 is 91.6 Å². The predicted octanol–water partition coefficient (Wildman–Crippen LogP) is -9.30. The molecule has 25 heteroatoms. The van der Waals surface area contributed by atoms with E-state index in [1.807, 2.05) is 53.3 Å². The maximum absolute atomic E-state index is 11.5. The number of aliphatic hydroxyl groups is 6. The molecule has 4 heterocycles. The topological polar surface area (TPSA) is 254 Å². The fourth-order valence-corrected chi connectivity index (χ4v) is 8.25. The first-order chi connectivity index (χ1) is 29.0. The SMILES string of the molecule is CCN1C(=CC=Cc2n(CCCO[C@@H]3OC(C(=O)[O-])[C@@H](O)[C@@H](O)C3O)c3cc(Cl)c(Cl)cc3[n+]2CCCO[C@H]2OC(C(=O)[O-])[C@H](O)C(O)[C@H]2O)N(CC)c2cc(Cl)c(Cl)cc21.[Cl-].[Li+].[Li+]. The van der Waals surface area contributed by atoms with Gasteiger partial charge in [0.05, 0.1) is 69.7 Å². The monoisotopic (exact) mass is 982 g/mol. The van der Waals surface area contributed by atoms with E-state index in [2.05, 4.69) is 9.80 Å². The van der Waals surface area contributed by atoms with Gasteiger partial charge in [-0.15, -0.1) is 0 Å². The van der Waals surface area contributed by atoms with E-state index in [9.17, 15) is 50.4 Å². The maximum atomic E-state index is 11.5. The van der Waals surface area contributed by atoms with Gasteiger partial charge in [-0.2, -0.15) is 0 Å². The number of aryl methyl sites for hydroxylation is 2. The van der Waals surface area contributed by atoms with Gasteiger partial charge in [0.2, 0.25) is 0 Å². The van der Waals surface area contributed by atoms with Gasteiger partial charge in [0, 0.05) is 44.1 Å². The van der Waals surface area contributed by atoms with Crippen molar-refractivity contribution >= 4 is 86.8 Å². The van der Waals surface area contributed by atoms with Crippen LogP contribution in [0.3, 0.4) is 0 Å². The van der Waals surface area contributed by atoms with E-state index < -0.39 is 73.4 Å². The zero-order valence-electron chi connectivity index (χ0n) is 35.1. The second-order valence-electron chi connectivity index (χ2n) is 14.4. The zero-order chi connectivity index (χ0) is 44.4. The van der Waals surface area contributed by atoms with Gasteiger partial charge in [-0.05, 0) is 32.1 Å². The molecule has 2 fully saturated rings. The summed E-state index contributed by atoms with van der Waals surface area (Å²) in [6.07, 6.45) is -12.1. The Balaban J connectivity index is 0.00000363. The molecule has 0 aliphatic carbocycles. The molecule has 18 nitrogen and oxygen atoms in total. The second-order valence-corrected chi connectivity index (χ2v) is 16.1. The standard InChI is InChI=1S/C39H46Cl4N4O14.ClH.2Li/c1-3-44-22-14-18(40)19(41)15-23(22)45(4-2)26(44)8-5-9-27-46(10-6-12-58-38-32(52)28(48)30(50)34(60-38)36(54)55)24-16-20(42)21(43)17-25(24)47(27)11-7-13-59-39-33(53)29(49)31(51)35(61-39)37(56)57;;;/h5,8-9,14-17,28-35,38-39,48-53H,3-4,6-7,10-13H2,1-2H3,(H-,54,55,56,57);1H;;/q;;2*+1/p-2/t28-,29?,30+,31-,32?,33-,34?,35?,38-,39+;;;/m1.../s1. The molecule has 10 atom stereocenters. The molecule has 0 saturated carbocycles. The molecule has 3 aromatic rings. The molecule has 64 heavy (non-hydrogen) atoms. The summed E-state index contributed by atoms with van der Waals surface area (Å²) in [6.45, 7) is 5.49. The number of fused-ring (bicyclic) bond motifs is 2. The summed E-state index contributed by atoms with van der Waals surface area (Å²) in [4.78, 5) is 27.2. The van der Waals surface area contributed by atoms with Gasteiger partial charge in [0.15, 0.2) is 23.6 Å². The number of rotatable bonds is 16. The first kappa shape index (κ1) is 56.5. The number of aliphatic carboxylic acids is 2. The van der Waals surface area contributed by atoms with Crippen molar-refractivity contribution in [3.8, 4) is 0 Å². The number of nitrogens with zero attached hydrogens (tertiary/aromatic N) is 4. The van der Waals surface area contributed by atoms with E-state index in [0.29, 0.717) is 40.0 Å². The quantitative estimate of drug-likeness (QED) is 0.0443. The molecule has 0 radical (unpaired) electrons. The number of halogens is 5. The predicted molar refractivity (Wildman–Crippen MR) is 216 cm³/mol. The first-order valence-corrected chi connectivity index (χ1v) is 20.9. The van der Waals surface area contributed by atoms with E-state index in [1.165, 1.54) is 0 Å². The van der Waals surface area contributed by atoms with Crippen molar-refractivity contribution < 1.29 is 124 Å². The number of carboxylic acids is 2. The zero-order valence-corrected chi connectivity index (χ0v) is 38.9. The van der Waals surface area contributed by atoms with Crippen molar-refractivity contribution in [2.75, 3.05) is 36.1 Å². The number of ether oxygens (including phenoxy) is 4. The third-order valence-electron chi connectivity index (χ3n) is 10.6. The Kier molecular flexibility index (Phi) is 21.6. The van der Waals surface area contributed by atoms with Crippen LogP contribution < -0.4 is 74.7 Å². The van der Waals surface area contributed by atoms with Crippen LogP contribution in [0.15, 0.2) is 42.2 Å². The number of hydrogen-bond acceptors (Lipinski definition) is 16. The second kappa shape index (κ2) is 24.5. The molecule has 2 aromatic carbocycles. The molecule has 342 valence electrons. The molecule has 4 unspecified atom stereocenters. The molecule has 6 N–H and O–H groups in total. The van der Waals surface area contributed by atoms with Crippen LogP contribution >= 0.6 is 46.4 Å². The molecule has 0 spiro atoms. The summed E-state index contributed by atoms with van der Waals surface area (Å²) >= 11 is 25.9. The van der Waals surface area contributed by atoms with Gasteiger partial charge in [0.1, 0.15) is 54.7 Å². The molecule has 2 saturated heterocycles. The van der Waals surface area contributed by atoms with Crippen molar-refractivity contribution in [3.63, 3.8) is 0 Å². The Labute approximate surface area is 418 Å². The number of carbonyl (C=O) groups excluding carboxylic acids is 2. The molecule has 0 bridgehead atoms. The third-order valence-corrected chi connectivity index (χ3v) is 12.1. The Morgan fingerprint density at radius 2 is 1.17 bits per heavy atom. The van der Waals surface area contributed by atoms with Crippen molar-refractivity contribution in [1.29, 1.82) is 0 Å². The van der Waals surface area contributed by atoms with Gasteiger partial charge >= 0.3 is 37.7 Å². The number of carboxylic acid groups (broad SMARTS) is 2. The average molecular weight is 985 g/mol. The van der Waals surface area contributed by atoms with Crippen LogP contribution in [-0.2, 0) is 41.6 Å². The Morgan fingerprint density at radius 1 is 0.719 bits per heavy atom. The van der Waals surface area contributed by atoms with Crippen LogP contribution in [0.4, 0.5) is 11.4 Å². The summed E-state index contributed by atoms with van der Waals surface area (Å²) in [6, 6.07) is 6.99. The van der Waals surface area contributed by atoms with Gasteiger partial charge in [0.25, 0.3) is 5.82 Å². The van der Waals surface area contributed by atoms with Gasteiger partial charge in [-0.3, -0.25) is 0 Å². The van der Waals surface area contributed by atoms with Crippen LogP contribution in [0.25, 0.3) is 17.1 Å². The molecule has 1 aromatic heterocycles. The molecule has 3 aliphatic rings. The van der Waals surface area contributed by atoms with Gasteiger partial charge in [-0.1, -0.05) is 52.5 Å². The Hall–Kier alpha value is -1.83. The minimum absolute atomic E-state index is 0. The van der Waals surface area contributed by atoms with Crippen molar-refractivity contribution in [2.24, 2.45) is 0 Å². The summed E-state index contributed by atoms with van der Waals surface area (Å²) < 4.78 is 25.6. The maximum Gasteiger partial charge on any atom is 1.00 e. The van der Waals surface area contributed by atoms with Crippen LogP contribution in [0.5, 0.6) is 0 Å². The summed E-state index contributed by atoms with van der Waals surface area (Å²) in [7, 11) is 0. The smallest absolute Gasteiger partial charge is 1.00 e. The van der Waals surface area contributed by atoms with Crippen LogP contribution in [0.2, 0.25) is 20.1 Å². The van der Waals surface area contributed by atoms with Crippen molar-refractivity contribution in [1.82, 2.24) is 4.57 Å². The molecular weight excluding hydrogens is 940 g/mol. The number of anilines is 2. The van der Waals surface area contributed by atoms with Crippen molar-refractivity contribution in [3.05, 3.63) is 68.2 Å². The minimum atomic E-state index is -1.94. The largest absolute Gasteiger partial charge is 1.00 e. The number of aliphatic hydroxyl groups excluding tert-OH is 6.